The smallest absolute Gasteiger partial charge is 0.332 e. The zero-order chi connectivity index (χ0) is 12.8. The first-order chi connectivity index (χ1) is 8.02. The van der Waals surface area contributed by atoms with Crippen molar-refractivity contribution < 1.29 is 19.4 Å². The Morgan fingerprint density at radius 2 is 1.94 bits per heavy atom. The molecule has 0 unspecified atom stereocenters. The Morgan fingerprint density at radius 3 is 2.47 bits per heavy atom. The van der Waals surface area contributed by atoms with Crippen LogP contribution in [-0.2, 0) is 9.53 Å². The molecule has 0 bridgehead atoms. The first-order valence-corrected chi connectivity index (χ1v) is 5.69. The molecule has 0 spiro atoms. The highest BCUT2D eigenvalue weighted by Crippen LogP contribution is 2.32. The number of hydrogen-bond acceptors (Lipinski definition) is 3. The molecule has 1 rings (SSSR count). The van der Waals surface area contributed by atoms with Gasteiger partial charge in [-0.1, -0.05) is 29.3 Å². The Morgan fingerprint density at radius 1 is 1.35 bits per heavy atom. The number of rotatable bonds is 6. The van der Waals surface area contributed by atoms with Crippen LogP contribution < -0.4 is 4.74 Å². The molecule has 0 amide bonds. The Balaban J connectivity index is 2.39. The lowest BCUT2D eigenvalue weighted by molar-refractivity contribution is -0.149. The molecule has 0 saturated carbocycles. The maximum absolute atomic E-state index is 10.5. The van der Waals surface area contributed by atoms with Crippen LogP contribution in [0, 0.1) is 0 Å². The molecule has 0 aliphatic heterocycles. The number of ether oxygens (including phenoxy) is 2. The summed E-state index contributed by atoms with van der Waals surface area (Å²) in [7, 11) is 0. The molecule has 0 saturated heterocycles. The number of aliphatic carboxylic acids is 1. The van der Waals surface area contributed by atoms with Crippen molar-refractivity contribution in [1.29, 1.82) is 0 Å². The third kappa shape index (κ3) is 4.42. The van der Waals surface area contributed by atoms with Crippen molar-refractivity contribution >= 4 is 29.2 Å². The second kappa shape index (κ2) is 6.69. The van der Waals surface area contributed by atoms with Crippen LogP contribution in [0.3, 0.4) is 0 Å². The molecule has 0 aliphatic carbocycles. The maximum atomic E-state index is 10.5. The van der Waals surface area contributed by atoms with Gasteiger partial charge in [0, 0.05) is 0 Å². The number of carbonyl (C=O) groups is 1. The number of halogens is 2. The lowest BCUT2D eigenvalue weighted by Crippen LogP contribution is -2.22. The van der Waals surface area contributed by atoms with Gasteiger partial charge in [0.25, 0.3) is 0 Å². The van der Waals surface area contributed by atoms with Gasteiger partial charge in [0.1, 0.15) is 6.61 Å². The van der Waals surface area contributed by atoms with Crippen LogP contribution >= 0.6 is 23.2 Å². The van der Waals surface area contributed by atoms with Crippen LogP contribution in [-0.4, -0.2) is 30.4 Å². The topological polar surface area (TPSA) is 55.8 Å². The first-order valence-electron chi connectivity index (χ1n) is 4.93. The molecule has 0 radical (unpaired) electrons. The van der Waals surface area contributed by atoms with E-state index >= 15 is 0 Å². The van der Waals surface area contributed by atoms with Crippen LogP contribution in [0.4, 0.5) is 0 Å². The maximum Gasteiger partial charge on any atom is 0.332 e. The van der Waals surface area contributed by atoms with Gasteiger partial charge < -0.3 is 14.6 Å². The molecular formula is C11H12Cl2O4. The Bertz CT molecular complexity index is 375. The summed E-state index contributed by atoms with van der Waals surface area (Å²) in [6, 6.07) is 5.02. The molecule has 1 N–H and O–H groups in total. The molecule has 0 aromatic heterocycles. The van der Waals surface area contributed by atoms with Crippen molar-refractivity contribution in [1.82, 2.24) is 0 Å². The summed E-state index contributed by atoms with van der Waals surface area (Å²) in [5, 5.41) is 9.39. The molecule has 6 heteroatoms. The average molecular weight is 279 g/mol. The fourth-order valence-electron chi connectivity index (χ4n) is 1.06. The summed E-state index contributed by atoms with van der Waals surface area (Å²) < 4.78 is 10.3. The summed E-state index contributed by atoms with van der Waals surface area (Å²) in [6.45, 7) is 1.78. The number of carboxylic acid groups (broad SMARTS) is 1. The number of benzene rings is 1. The van der Waals surface area contributed by atoms with E-state index in [4.69, 9.17) is 37.8 Å². The third-order valence-electron chi connectivity index (χ3n) is 1.96. The minimum Gasteiger partial charge on any atom is -0.488 e. The highest BCUT2D eigenvalue weighted by molar-refractivity contribution is 6.37. The quantitative estimate of drug-likeness (QED) is 0.813. The van der Waals surface area contributed by atoms with Gasteiger partial charge >= 0.3 is 5.97 Å². The molecular weight excluding hydrogens is 267 g/mol. The van der Waals surface area contributed by atoms with E-state index < -0.39 is 12.1 Å². The Labute approximate surface area is 109 Å². The fourth-order valence-corrected chi connectivity index (χ4v) is 1.57. The van der Waals surface area contributed by atoms with Gasteiger partial charge in [0.15, 0.2) is 11.9 Å². The molecule has 4 nitrogen and oxygen atoms in total. The van der Waals surface area contributed by atoms with Crippen molar-refractivity contribution in [3.05, 3.63) is 28.2 Å². The number of carboxylic acids is 1. The predicted molar refractivity (Wildman–Crippen MR) is 65.0 cm³/mol. The molecule has 1 atom stereocenters. The van der Waals surface area contributed by atoms with Gasteiger partial charge in [0.2, 0.25) is 0 Å². The van der Waals surface area contributed by atoms with E-state index in [0.29, 0.717) is 15.8 Å². The molecule has 0 heterocycles. The summed E-state index contributed by atoms with van der Waals surface area (Å²) in [4.78, 5) is 10.5. The van der Waals surface area contributed by atoms with Crippen molar-refractivity contribution in [2.75, 3.05) is 13.2 Å². The molecule has 94 valence electrons. The van der Waals surface area contributed by atoms with E-state index in [1.807, 2.05) is 0 Å². The van der Waals surface area contributed by atoms with Gasteiger partial charge in [-0.2, -0.15) is 0 Å². The van der Waals surface area contributed by atoms with Crippen molar-refractivity contribution in [2.24, 2.45) is 0 Å². The van der Waals surface area contributed by atoms with Crippen molar-refractivity contribution in [3.63, 3.8) is 0 Å². The first kappa shape index (κ1) is 14.1. The van der Waals surface area contributed by atoms with Gasteiger partial charge in [-0.05, 0) is 19.1 Å². The highest BCUT2D eigenvalue weighted by atomic mass is 35.5. The molecule has 17 heavy (non-hydrogen) atoms. The normalized spacial score (nSPS) is 12.2. The highest BCUT2D eigenvalue weighted by Gasteiger charge is 2.11. The summed E-state index contributed by atoms with van der Waals surface area (Å²) in [5.41, 5.74) is 0. The minimum absolute atomic E-state index is 0.148. The van der Waals surface area contributed by atoms with Crippen molar-refractivity contribution in [2.45, 2.75) is 13.0 Å². The molecule has 1 aromatic carbocycles. The van der Waals surface area contributed by atoms with Crippen LogP contribution in [0.1, 0.15) is 6.92 Å². The van der Waals surface area contributed by atoms with Gasteiger partial charge in [-0.15, -0.1) is 0 Å². The second-order valence-electron chi connectivity index (χ2n) is 3.25. The number of hydrogen-bond donors (Lipinski definition) is 1. The monoisotopic (exact) mass is 278 g/mol. The van der Waals surface area contributed by atoms with Crippen molar-refractivity contribution in [3.8, 4) is 5.75 Å². The van der Waals surface area contributed by atoms with Crippen LogP contribution in [0.5, 0.6) is 5.75 Å². The fraction of sp³-hybridized carbons (Fsp3) is 0.364. The van der Waals surface area contributed by atoms with Crippen LogP contribution in [0.15, 0.2) is 18.2 Å². The molecule has 0 aliphatic rings. The SMILES string of the molecule is C[C@@H](OCCOc1c(Cl)cccc1Cl)C(=O)O. The van der Waals surface area contributed by atoms with E-state index in [1.54, 1.807) is 18.2 Å². The zero-order valence-electron chi connectivity index (χ0n) is 9.15. The largest absolute Gasteiger partial charge is 0.488 e. The van der Waals surface area contributed by atoms with Gasteiger partial charge in [0.05, 0.1) is 16.7 Å². The Kier molecular flexibility index (Phi) is 5.55. The summed E-state index contributed by atoms with van der Waals surface area (Å²) in [6.07, 6.45) is -0.861. The van der Waals surface area contributed by atoms with E-state index in [0.717, 1.165) is 0 Å². The number of para-hydroxylation sites is 1. The Hall–Kier alpha value is -0.970. The van der Waals surface area contributed by atoms with Gasteiger partial charge in [-0.25, -0.2) is 4.79 Å². The summed E-state index contributed by atoms with van der Waals surface area (Å²) in [5.74, 6) is -0.636. The average Bonchev–Trinajstić information content (AvgIpc) is 2.27. The van der Waals surface area contributed by atoms with Crippen LogP contribution in [0.2, 0.25) is 10.0 Å². The van der Waals surface area contributed by atoms with E-state index in [1.165, 1.54) is 6.92 Å². The van der Waals surface area contributed by atoms with Gasteiger partial charge in [-0.3, -0.25) is 0 Å². The van der Waals surface area contributed by atoms with E-state index in [9.17, 15) is 4.79 Å². The molecule has 0 fully saturated rings. The van der Waals surface area contributed by atoms with E-state index in [-0.39, 0.29) is 13.2 Å². The zero-order valence-corrected chi connectivity index (χ0v) is 10.7. The lowest BCUT2D eigenvalue weighted by Gasteiger charge is -2.11. The third-order valence-corrected chi connectivity index (χ3v) is 2.56. The lowest BCUT2D eigenvalue weighted by atomic mass is 10.3. The predicted octanol–water partition coefficient (Wildman–Crippen LogP) is 2.86. The summed E-state index contributed by atoms with van der Waals surface area (Å²) >= 11 is 11.8. The molecule has 1 aromatic rings. The second-order valence-corrected chi connectivity index (χ2v) is 4.06. The van der Waals surface area contributed by atoms with Crippen LogP contribution in [0.25, 0.3) is 0 Å². The minimum atomic E-state index is -1.01. The van der Waals surface area contributed by atoms with E-state index in [2.05, 4.69) is 0 Å². The standard InChI is InChI=1S/C11H12Cl2O4/c1-7(11(14)15)16-5-6-17-10-8(12)3-2-4-9(10)13/h2-4,7H,5-6H2,1H3,(H,14,15)/t7-/m1/s1.